The van der Waals surface area contributed by atoms with Gasteiger partial charge in [0.25, 0.3) is 0 Å². The van der Waals surface area contributed by atoms with Crippen molar-refractivity contribution in [2.75, 3.05) is 20.7 Å². The average Bonchev–Trinajstić information content (AvgIpc) is 2.35. The van der Waals surface area contributed by atoms with Gasteiger partial charge in [-0.2, -0.15) is 0 Å². The zero-order valence-corrected chi connectivity index (χ0v) is 12.1. The zero-order chi connectivity index (χ0) is 13.5. The number of rotatable bonds is 6. The lowest BCUT2D eigenvalue weighted by atomic mass is 10.2. The molecular weight excluding hydrogens is 298 g/mol. The van der Waals surface area contributed by atoms with E-state index in [0.29, 0.717) is 30.8 Å². The van der Waals surface area contributed by atoms with E-state index in [9.17, 15) is 9.59 Å². The van der Waals surface area contributed by atoms with Crippen LogP contribution in [0, 0.1) is 0 Å². The van der Waals surface area contributed by atoms with Gasteiger partial charge in [0.05, 0.1) is 12.2 Å². The number of halogens is 1. The van der Waals surface area contributed by atoms with Crippen molar-refractivity contribution in [1.29, 1.82) is 0 Å². The van der Waals surface area contributed by atoms with Gasteiger partial charge in [-0.3, -0.25) is 9.59 Å². The molecule has 1 rings (SSSR count). The molecule has 0 spiro atoms. The fourth-order valence-electron chi connectivity index (χ4n) is 1.37. The van der Waals surface area contributed by atoms with Crippen LogP contribution in [0.1, 0.15) is 23.2 Å². The number of hydrogen-bond acceptors (Lipinski definition) is 3. The molecule has 18 heavy (non-hydrogen) atoms. The van der Waals surface area contributed by atoms with Crippen LogP contribution in [-0.2, 0) is 4.79 Å². The summed E-state index contributed by atoms with van der Waals surface area (Å²) in [5.74, 6) is 0.621. The molecule has 0 saturated heterocycles. The first-order chi connectivity index (χ1) is 8.54. The van der Waals surface area contributed by atoms with Crippen molar-refractivity contribution in [1.82, 2.24) is 4.90 Å². The molecule has 0 aromatic heterocycles. The Morgan fingerprint density at radius 3 is 2.78 bits per heavy atom. The van der Waals surface area contributed by atoms with Gasteiger partial charge in [-0.15, -0.1) is 0 Å². The third-order valence-electron chi connectivity index (χ3n) is 2.39. The first-order valence-electron chi connectivity index (χ1n) is 5.62. The predicted molar refractivity (Wildman–Crippen MR) is 73.0 cm³/mol. The highest BCUT2D eigenvalue weighted by Gasteiger charge is 2.06. The van der Waals surface area contributed by atoms with Gasteiger partial charge >= 0.3 is 0 Å². The minimum absolute atomic E-state index is 0.0741. The number of aldehydes is 1. The number of carbonyl (C=O) groups is 2. The molecule has 0 heterocycles. The van der Waals surface area contributed by atoms with E-state index in [1.54, 1.807) is 31.1 Å². The fourth-order valence-corrected chi connectivity index (χ4v) is 1.75. The largest absolute Gasteiger partial charge is 0.493 e. The van der Waals surface area contributed by atoms with Crippen molar-refractivity contribution in [3.63, 3.8) is 0 Å². The molecule has 0 N–H and O–H groups in total. The number of nitrogens with zero attached hydrogens (tertiary/aromatic N) is 1. The molecule has 0 aliphatic rings. The summed E-state index contributed by atoms with van der Waals surface area (Å²) in [6, 6.07) is 5.25. The number of amides is 1. The van der Waals surface area contributed by atoms with Crippen LogP contribution in [0.15, 0.2) is 22.7 Å². The number of carbonyl (C=O) groups excluding carboxylic acids is 2. The van der Waals surface area contributed by atoms with E-state index in [2.05, 4.69) is 15.9 Å². The second kappa shape index (κ2) is 7.16. The highest BCUT2D eigenvalue weighted by atomic mass is 79.9. The molecular formula is C13H16BrNO3. The van der Waals surface area contributed by atoms with E-state index in [0.717, 1.165) is 10.8 Å². The maximum absolute atomic E-state index is 11.3. The Kier molecular flexibility index (Phi) is 5.85. The minimum atomic E-state index is 0.0741. The van der Waals surface area contributed by atoms with Crippen LogP contribution in [0.4, 0.5) is 0 Å². The lowest BCUT2D eigenvalue weighted by Gasteiger charge is -2.11. The van der Waals surface area contributed by atoms with E-state index in [-0.39, 0.29) is 5.91 Å². The van der Waals surface area contributed by atoms with Crippen LogP contribution in [0.2, 0.25) is 0 Å². The standard InChI is InChI=1S/C13H16BrNO3/c1-15(2)13(17)4-3-7-18-12-6-5-11(14)8-10(12)9-16/h5-6,8-9H,3-4,7H2,1-2H3. The van der Waals surface area contributed by atoms with Crippen molar-refractivity contribution < 1.29 is 14.3 Å². The molecule has 0 saturated carbocycles. The highest BCUT2D eigenvalue weighted by molar-refractivity contribution is 9.10. The maximum Gasteiger partial charge on any atom is 0.222 e. The van der Waals surface area contributed by atoms with Gasteiger partial charge in [-0.1, -0.05) is 15.9 Å². The second-order valence-electron chi connectivity index (χ2n) is 4.04. The Balaban J connectivity index is 2.44. The van der Waals surface area contributed by atoms with Crippen LogP contribution in [0.25, 0.3) is 0 Å². The Hall–Kier alpha value is -1.36. The number of benzene rings is 1. The summed E-state index contributed by atoms with van der Waals surface area (Å²) in [5.41, 5.74) is 0.503. The van der Waals surface area contributed by atoms with Crippen LogP contribution >= 0.6 is 15.9 Å². The Morgan fingerprint density at radius 2 is 2.17 bits per heavy atom. The van der Waals surface area contributed by atoms with Gasteiger partial charge in [-0.05, 0) is 24.6 Å². The average molecular weight is 314 g/mol. The summed E-state index contributed by atoms with van der Waals surface area (Å²) in [5, 5.41) is 0. The van der Waals surface area contributed by atoms with Gasteiger partial charge in [0.1, 0.15) is 5.75 Å². The monoisotopic (exact) mass is 313 g/mol. The normalized spacial score (nSPS) is 9.94. The van der Waals surface area contributed by atoms with E-state index >= 15 is 0 Å². The summed E-state index contributed by atoms with van der Waals surface area (Å²) in [6.07, 6.45) is 1.83. The number of ether oxygens (including phenoxy) is 1. The summed E-state index contributed by atoms with van der Waals surface area (Å²) in [4.78, 5) is 23.7. The second-order valence-corrected chi connectivity index (χ2v) is 4.96. The van der Waals surface area contributed by atoms with Gasteiger partial charge in [0, 0.05) is 25.0 Å². The molecule has 0 unspecified atom stereocenters. The van der Waals surface area contributed by atoms with Crippen molar-refractivity contribution in [3.8, 4) is 5.75 Å². The molecule has 0 aliphatic carbocycles. The molecule has 0 atom stereocenters. The Labute approximate surface area is 115 Å². The van der Waals surface area contributed by atoms with E-state index in [1.165, 1.54) is 0 Å². The van der Waals surface area contributed by atoms with Gasteiger partial charge in [0.15, 0.2) is 6.29 Å². The van der Waals surface area contributed by atoms with E-state index in [4.69, 9.17) is 4.74 Å². The summed E-state index contributed by atoms with van der Waals surface area (Å²) in [6.45, 7) is 0.419. The van der Waals surface area contributed by atoms with Gasteiger partial charge in [0.2, 0.25) is 5.91 Å². The minimum Gasteiger partial charge on any atom is -0.493 e. The zero-order valence-electron chi connectivity index (χ0n) is 10.5. The lowest BCUT2D eigenvalue weighted by molar-refractivity contribution is -0.128. The molecule has 1 aromatic rings. The lowest BCUT2D eigenvalue weighted by Crippen LogP contribution is -2.21. The summed E-state index contributed by atoms with van der Waals surface area (Å²) in [7, 11) is 3.45. The maximum atomic E-state index is 11.3. The van der Waals surface area contributed by atoms with Crippen molar-refractivity contribution in [2.45, 2.75) is 12.8 Å². The topological polar surface area (TPSA) is 46.6 Å². The number of hydrogen-bond donors (Lipinski definition) is 0. The van der Waals surface area contributed by atoms with E-state index in [1.807, 2.05) is 6.07 Å². The van der Waals surface area contributed by atoms with Gasteiger partial charge < -0.3 is 9.64 Å². The summed E-state index contributed by atoms with van der Waals surface area (Å²) >= 11 is 3.29. The summed E-state index contributed by atoms with van der Waals surface area (Å²) < 4.78 is 6.32. The molecule has 0 aliphatic heterocycles. The Bertz CT molecular complexity index is 432. The van der Waals surface area contributed by atoms with Gasteiger partial charge in [-0.25, -0.2) is 0 Å². The third-order valence-corrected chi connectivity index (χ3v) is 2.88. The molecule has 98 valence electrons. The molecule has 5 heteroatoms. The van der Waals surface area contributed by atoms with Crippen molar-refractivity contribution in [3.05, 3.63) is 28.2 Å². The molecule has 4 nitrogen and oxygen atoms in total. The predicted octanol–water partition coefficient (Wildman–Crippen LogP) is 2.51. The quantitative estimate of drug-likeness (QED) is 0.599. The van der Waals surface area contributed by atoms with Crippen LogP contribution < -0.4 is 4.74 Å². The molecule has 0 bridgehead atoms. The van der Waals surface area contributed by atoms with Crippen molar-refractivity contribution >= 4 is 28.1 Å². The smallest absolute Gasteiger partial charge is 0.222 e. The van der Waals surface area contributed by atoms with Crippen LogP contribution in [-0.4, -0.2) is 37.8 Å². The molecule has 0 fully saturated rings. The first kappa shape index (κ1) is 14.7. The highest BCUT2D eigenvalue weighted by Crippen LogP contribution is 2.21. The molecule has 1 amide bonds. The van der Waals surface area contributed by atoms with Crippen LogP contribution in [0.3, 0.4) is 0 Å². The van der Waals surface area contributed by atoms with E-state index < -0.39 is 0 Å². The third kappa shape index (κ3) is 4.49. The fraction of sp³-hybridized carbons (Fsp3) is 0.385. The molecule has 1 aromatic carbocycles. The SMILES string of the molecule is CN(C)C(=O)CCCOc1ccc(Br)cc1C=O. The Morgan fingerprint density at radius 1 is 1.44 bits per heavy atom. The van der Waals surface area contributed by atoms with Crippen LogP contribution in [0.5, 0.6) is 5.75 Å². The van der Waals surface area contributed by atoms with Crippen molar-refractivity contribution in [2.24, 2.45) is 0 Å². The molecule has 0 radical (unpaired) electrons. The first-order valence-corrected chi connectivity index (χ1v) is 6.41.